The predicted molar refractivity (Wildman–Crippen MR) is 92.5 cm³/mol. The maximum absolute atomic E-state index is 12.3. The summed E-state index contributed by atoms with van der Waals surface area (Å²) < 4.78 is 5.00. The molecule has 0 bridgehead atoms. The first-order valence-electron chi connectivity index (χ1n) is 7.70. The van der Waals surface area contributed by atoms with Gasteiger partial charge in [-0.15, -0.1) is 0 Å². The van der Waals surface area contributed by atoms with Crippen molar-refractivity contribution in [3.8, 4) is 0 Å². The fraction of sp³-hybridized carbons (Fsp3) is 0.167. The molecule has 3 rings (SSSR count). The molecule has 1 amide bonds. The van der Waals surface area contributed by atoms with Crippen LogP contribution in [0.25, 0.3) is 0 Å². The van der Waals surface area contributed by atoms with Gasteiger partial charge < -0.3 is 15.2 Å². The molecule has 0 spiro atoms. The highest BCUT2D eigenvalue weighted by Gasteiger charge is 2.09. The van der Waals surface area contributed by atoms with Crippen LogP contribution < -0.4 is 10.6 Å². The summed E-state index contributed by atoms with van der Waals surface area (Å²) in [5, 5.41) is 9.78. The van der Waals surface area contributed by atoms with Gasteiger partial charge in [0.25, 0.3) is 5.91 Å². The number of aryl methyl sites for hydroxylation is 2. The van der Waals surface area contributed by atoms with Crippen LogP contribution in [0.1, 0.15) is 28.7 Å². The number of amides is 1. The molecule has 3 aromatic rings. The van der Waals surface area contributed by atoms with Crippen LogP contribution in [-0.4, -0.2) is 16.0 Å². The van der Waals surface area contributed by atoms with E-state index in [4.69, 9.17) is 4.52 Å². The SMILES string of the molecule is CCc1ccc(NC(=O)c2cc(Nc3cc(C)on3)ccn2)cc1. The molecule has 0 radical (unpaired) electrons. The molecule has 2 N–H and O–H groups in total. The van der Waals surface area contributed by atoms with Crippen LogP contribution >= 0.6 is 0 Å². The summed E-state index contributed by atoms with van der Waals surface area (Å²) in [4.78, 5) is 16.5. The number of carbonyl (C=O) groups excluding carboxylic acids is 1. The van der Waals surface area contributed by atoms with Gasteiger partial charge in [0.05, 0.1) is 0 Å². The molecule has 0 atom stereocenters. The van der Waals surface area contributed by atoms with E-state index in [1.807, 2.05) is 31.2 Å². The minimum Gasteiger partial charge on any atom is -0.360 e. The van der Waals surface area contributed by atoms with Crippen LogP contribution in [0.4, 0.5) is 17.2 Å². The standard InChI is InChI=1S/C18H18N4O2/c1-3-13-4-6-14(7-5-13)21-18(23)16-11-15(8-9-19-16)20-17-10-12(2)24-22-17/h4-11H,3H2,1-2H3,(H,21,23)(H,19,20,22). The average Bonchev–Trinajstić information content (AvgIpc) is 3.00. The van der Waals surface area contributed by atoms with Gasteiger partial charge in [0.2, 0.25) is 0 Å². The van der Waals surface area contributed by atoms with E-state index in [1.165, 1.54) is 5.56 Å². The van der Waals surface area contributed by atoms with Gasteiger partial charge >= 0.3 is 0 Å². The second-order valence-corrected chi connectivity index (χ2v) is 5.38. The lowest BCUT2D eigenvalue weighted by molar-refractivity contribution is 0.102. The number of benzene rings is 1. The summed E-state index contributed by atoms with van der Waals surface area (Å²) in [5.41, 5.74) is 2.99. The molecule has 0 fully saturated rings. The summed E-state index contributed by atoms with van der Waals surface area (Å²) >= 11 is 0. The Morgan fingerprint density at radius 3 is 2.58 bits per heavy atom. The Bertz CT molecular complexity index is 840. The van der Waals surface area contributed by atoms with E-state index in [0.717, 1.165) is 12.1 Å². The monoisotopic (exact) mass is 322 g/mol. The van der Waals surface area contributed by atoms with Crippen molar-refractivity contribution in [2.75, 3.05) is 10.6 Å². The van der Waals surface area contributed by atoms with Crippen molar-refractivity contribution in [1.82, 2.24) is 10.1 Å². The van der Waals surface area contributed by atoms with E-state index in [-0.39, 0.29) is 5.91 Å². The number of anilines is 3. The lowest BCUT2D eigenvalue weighted by atomic mass is 10.1. The van der Waals surface area contributed by atoms with Gasteiger partial charge in [-0.2, -0.15) is 0 Å². The van der Waals surface area contributed by atoms with Crippen molar-refractivity contribution in [3.05, 3.63) is 65.7 Å². The quantitative estimate of drug-likeness (QED) is 0.744. The Balaban J connectivity index is 1.71. The molecule has 6 nitrogen and oxygen atoms in total. The molecule has 122 valence electrons. The summed E-state index contributed by atoms with van der Waals surface area (Å²) in [5.74, 6) is 1.03. The number of carbonyl (C=O) groups is 1. The molecule has 2 aromatic heterocycles. The maximum Gasteiger partial charge on any atom is 0.274 e. The fourth-order valence-electron chi connectivity index (χ4n) is 2.22. The highest BCUT2D eigenvalue weighted by molar-refractivity contribution is 6.03. The molecule has 0 aliphatic heterocycles. The number of hydrogen-bond donors (Lipinski definition) is 2. The number of pyridine rings is 1. The molecule has 0 saturated carbocycles. The number of aromatic nitrogens is 2. The molecule has 1 aromatic carbocycles. The number of nitrogens with zero attached hydrogens (tertiary/aromatic N) is 2. The largest absolute Gasteiger partial charge is 0.360 e. The van der Waals surface area contributed by atoms with Gasteiger partial charge in [-0.25, -0.2) is 0 Å². The van der Waals surface area contributed by atoms with Crippen LogP contribution in [0.15, 0.2) is 53.2 Å². The smallest absolute Gasteiger partial charge is 0.274 e. The van der Waals surface area contributed by atoms with Gasteiger partial charge in [0.15, 0.2) is 5.82 Å². The van der Waals surface area contributed by atoms with Crippen LogP contribution in [0.3, 0.4) is 0 Å². The Labute approximate surface area is 139 Å². The number of nitrogens with one attached hydrogen (secondary N) is 2. The first kappa shape index (κ1) is 15.7. The lowest BCUT2D eigenvalue weighted by Gasteiger charge is -2.07. The van der Waals surface area contributed by atoms with Crippen molar-refractivity contribution in [3.63, 3.8) is 0 Å². The van der Waals surface area contributed by atoms with Gasteiger partial charge in [0.1, 0.15) is 11.5 Å². The Kier molecular flexibility index (Phi) is 4.56. The third-order valence-electron chi connectivity index (χ3n) is 3.51. The van der Waals surface area contributed by atoms with Crippen LogP contribution in [0.2, 0.25) is 0 Å². The normalized spacial score (nSPS) is 10.4. The minimum absolute atomic E-state index is 0.265. The number of hydrogen-bond acceptors (Lipinski definition) is 5. The van der Waals surface area contributed by atoms with Gasteiger partial charge in [-0.05, 0) is 43.2 Å². The third kappa shape index (κ3) is 3.78. The molecule has 0 unspecified atom stereocenters. The fourth-order valence-corrected chi connectivity index (χ4v) is 2.22. The van der Waals surface area contributed by atoms with Crippen LogP contribution in [0, 0.1) is 6.92 Å². The molecular weight excluding hydrogens is 304 g/mol. The van der Waals surface area contributed by atoms with Crippen molar-refractivity contribution in [2.45, 2.75) is 20.3 Å². The van der Waals surface area contributed by atoms with Crippen LogP contribution in [0.5, 0.6) is 0 Å². The first-order valence-corrected chi connectivity index (χ1v) is 7.70. The number of rotatable bonds is 5. The van der Waals surface area contributed by atoms with Crippen molar-refractivity contribution in [2.24, 2.45) is 0 Å². The maximum atomic E-state index is 12.3. The van der Waals surface area contributed by atoms with Crippen molar-refractivity contribution < 1.29 is 9.32 Å². The molecule has 0 saturated heterocycles. The van der Waals surface area contributed by atoms with E-state index < -0.39 is 0 Å². The van der Waals surface area contributed by atoms with Gasteiger partial charge in [-0.1, -0.05) is 24.2 Å². The Morgan fingerprint density at radius 1 is 1.12 bits per heavy atom. The zero-order valence-corrected chi connectivity index (χ0v) is 13.5. The molecule has 0 aliphatic rings. The van der Waals surface area contributed by atoms with E-state index in [0.29, 0.717) is 23.0 Å². The molecular formula is C18H18N4O2. The zero-order chi connectivity index (χ0) is 16.9. The third-order valence-corrected chi connectivity index (χ3v) is 3.51. The topological polar surface area (TPSA) is 80.0 Å². The highest BCUT2D eigenvalue weighted by Crippen LogP contribution is 2.17. The first-order chi connectivity index (χ1) is 11.6. The average molecular weight is 322 g/mol. The van der Waals surface area contributed by atoms with Gasteiger partial charge in [0, 0.05) is 23.6 Å². The zero-order valence-electron chi connectivity index (χ0n) is 13.5. The minimum atomic E-state index is -0.265. The lowest BCUT2D eigenvalue weighted by Crippen LogP contribution is -2.13. The molecule has 0 aliphatic carbocycles. The summed E-state index contributed by atoms with van der Waals surface area (Å²) in [6.45, 7) is 3.90. The van der Waals surface area contributed by atoms with Gasteiger partial charge in [-0.3, -0.25) is 9.78 Å². The van der Waals surface area contributed by atoms with Crippen molar-refractivity contribution in [1.29, 1.82) is 0 Å². The van der Waals surface area contributed by atoms with Crippen LogP contribution in [-0.2, 0) is 6.42 Å². The Morgan fingerprint density at radius 2 is 1.92 bits per heavy atom. The predicted octanol–water partition coefficient (Wildman–Crippen LogP) is 3.94. The summed E-state index contributed by atoms with van der Waals surface area (Å²) in [6, 6.07) is 13.0. The summed E-state index contributed by atoms with van der Waals surface area (Å²) in [6.07, 6.45) is 2.54. The Hall–Kier alpha value is -3.15. The van der Waals surface area contributed by atoms with E-state index in [2.05, 4.69) is 27.7 Å². The molecule has 24 heavy (non-hydrogen) atoms. The second-order valence-electron chi connectivity index (χ2n) is 5.38. The highest BCUT2D eigenvalue weighted by atomic mass is 16.5. The van der Waals surface area contributed by atoms with E-state index in [9.17, 15) is 4.79 Å². The van der Waals surface area contributed by atoms with E-state index in [1.54, 1.807) is 24.4 Å². The molecule has 6 heteroatoms. The van der Waals surface area contributed by atoms with Crippen molar-refractivity contribution >= 4 is 23.1 Å². The molecule has 2 heterocycles. The van der Waals surface area contributed by atoms with E-state index >= 15 is 0 Å². The summed E-state index contributed by atoms with van der Waals surface area (Å²) in [7, 11) is 0. The second kappa shape index (κ2) is 6.95.